The zero-order chi connectivity index (χ0) is 42.1. The van der Waals surface area contributed by atoms with Crippen molar-refractivity contribution in [3.63, 3.8) is 0 Å². The number of benzene rings is 2. The monoisotopic (exact) mass is 812 g/mol. The van der Waals surface area contributed by atoms with E-state index in [4.69, 9.17) is 14.5 Å². The van der Waals surface area contributed by atoms with Crippen molar-refractivity contribution >= 4 is 24.0 Å². The highest BCUT2D eigenvalue weighted by Crippen LogP contribution is 2.74. The number of rotatable bonds is 6. The van der Waals surface area contributed by atoms with E-state index in [2.05, 4.69) is 56.6 Å². The van der Waals surface area contributed by atoms with E-state index in [0.717, 1.165) is 78.0 Å². The van der Waals surface area contributed by atoms with Crippen molar-refractivity contribution in [1.82, 2.24) is 40.8 Å². The van der Waals surface area contributed by atoms with E-state index < -0.39 is 24.3 Å². The molecule has 4 aromatic rings. The Kier molecular flexibility index (Phi) is 9.56. The third-order valence-corrected chi connectivity index (χ3v) is 14.4. The van der Waals surface area contributed by atoms with Crippen LogP contribution >= 0.6 is 0 Å². The largest absolute Gasteiger partial charge is 0.453 e. The number of hydrogen-bond donors (Lipinski definition) is 5. The topological polar surface area (TPSA) is 183 Å². The number of methoxy groups -OCH3 is 2. The standard InChI is InChI=1S/C46H52N8O6/c1-25-17-31-19-44(31,3)20-32(51-40(55)36(25)52-42(57)59-5)33-22-47-38(49-33)29-13-9-27(10-14-29)7-8-28-11-15-30(16-12-28)39-48-23-34(50-39)35-21-45(4)24-46(45)18-26(2)37(41(56)54(35)46)53-43(58)60-6/h9-16,22-23,25-26,31-32,35-37H,17-21,24H2,1-6H3,(H,47,49)(H,48,50)(H,51,55)(H,52,57)(H,53,58)/t25?,26?,31-,32-,35-,36-,37-,44+,45-,46+/m0/s1. The highest BCUT2D eigenvalue weighted by Gasteiger charge is 2.77. The molecule has 10 atom stereocenters. The molecule has 3 aliphatic heterocycles. The van der Waals surface area contributed by atoms with Gasteiger partial charge in [0, 0.05) is 22.3 Å². The maximum atomic E-state index is 13.9. The number of fused-ring (bicyclic) bond motifs is 1. The molecular formula is C46H52N8O6. The average molecular weight is 813 g/mol. The van der Waals surface area contributed by atoms with Crippen LogP contribution in [0, 0.1) is 40.4 Å². The first-order valence-electron chi connectivity index (χ1n) is 20.9. The van der Waals surface area contributed by atoms with Crippen LogP contribution in [-0.2, 0) is 19.1 Å². The third kappa shape index (κ3) is 6.87. The van der Waals surface area contributed by atoms with Crippen molar-refractivity contribution in [2.75, 3.05) is 14.2 Å². The lowest BCUT2D eigenvalue weighted by molar-refractivity contribution is -0.144. The average Bonchev–Trinajstić information content (AvgIpc) is 3.68. The summed E-state index contributed by atoms with van der Waals surface area (Å²) < 4.78 is 9.63. The van der Waals surface area contributed by atoms with Gasteiger partial charge in [-0.15, -0.1) is 0 Å². The first kappa shape index (κ1) is 39.4. The molecule has 2 aromatic heterocycles. The summed E-state index contributed by atoms with van der Waals surface area (Å²) in [6.07, 6.45) is 7.78. The molecule has 3 saturated heterocycles. The number of carbonyl (C=O) groups excluding carboxylic acids is 4. The van der Waals surface area contributed by atoms with Crippen molar-refractivity contribution in [2.45, 2.75) is 95.9 Å². The molecule has 5 heterocycles. The molecule has 1 spiro atoms. The highest BCUT2D eigenvalue weighted by molar-refractivity contribution is 5.89. The molecule has 2 aliphatic carbocycles. The van der Waals surface area contributed by atoms with Gasteiger partial charge in [0.05, 0.1) is 55.6 Å². The van der Waals surface area contributed by atoms with Gasteiger partial charge in [-0.3, -0.25) is 9.59 Å². The van der Waals surface area contributed by atoms with E-state index in [0.29, 0.717) is 11.7 Å². The van der Waals surface area contributed by atoms with Gasteiger partial charge in [0.25, 0.3) is 0 Å². The zero-order valence-electron chi connectivity index (χ0n) is 34.8. The third-order valence-electron chi connectivity index (χ3n) is 14.4. The summed E-state index contributed by atoms with van der Waals surface area (Å²) in [7, 11) is 2.61. The van der Waals surface area contributed by atoms with E-state index in [1.807, 2.05) is 73.5 Å². The molecule has 2 saturated carbocycles. The number of alkyl carbamates (subject to hydrolysis) is 2. The van der Waals surface area contributed by atoms with E-state index in [-0.39, 0.29) is 52.1 Å². The summed E-state index contributed by atoms with van der Waals surface area (Å²) in [5.74, 6) is 8.11. The number of piperidine rings is 2. The number of amides is 4. The van der Waals surface area contributed by atoms with Gasteiger partial charge in [-0.25, -0.2) is 19.6 Å². The minimum Gasteiger partial charge on any atom is -0.453 e. The molecule has 0 bridgehead atoms. The first-order valence-corrected chi connectivity index (χ1v) is 20.9. The highest BCUT2D eigenvalue weighted by atomic mass is 16.5. The normalized spacial score (nSPS) is 32.6. The van der Waals surface area contributed by atoms with Gasteiger partial charge in [-0.1, -0.05) is 63.8 Å². The van der Waals surface area contributed by atoms with Gasteiger partial charge >= 0.3 is 12.2 Å². The molecule has 312 valence electrons. The summed E-state index contributed by atoms with van der Waals surface area (Å²) in [5, 5.41) is 8.72. The van der Waals surface area contributed by atoms with Gasteiger partial charge < -0.3 is 40.3 Å². The number of nitrogens with one attached hydrogen (secondary N) is 5. The summed E-state index contributed by atoms with van der Waals surface area (Å²) >= 11 is 0. The lowest BCUT2D eigenvalue weighted by Crippen LogP contribution is -2.60. The van der Waals surface area contributed by atoms with E-state index in [1.54, 1.807) is 6.20 Å². The second-order valence-electron chi connectivity index (χ2n) is 18.4. The van der Waals surface area contributed by atoms with Crippen molar-refractivity contribution in [2.24, 2.45) is 28.6 Å². The number of aromatic amines is 2. The molecule has 14 heteroatoms. The number of H-pyrrole nitrogens is 2. The zero-order valence-corrected chi connectivity index (χ0v) is 34.8. The van der Waals surface area contributed by atoms with Crippen LogP contribution < -0.4 is 16.0 Å². The van der Waals surface area contributed by atoms with Crippen LogP contribution in [0.5, 0.6) is 0 Å². The molecule has 60 heavy (non-hydrogen) atoms. The fourth-order valence-corrected chi connectivity index (χ4v) is 10.7. The predicted molar refractivity (Wildman–Crippen MR) is 222 cm³/mol. The fraction of sp³-hybridized carbons (Fsp3) is 0.478. The quantitative estimate of drug-likeness (QED) is 0.139. The van der Waals surface area contributed by atoms with Gasteiger partial charge in [-0.05, 0) is 91.4 Å². The van der Waals surface area contributed by atoms with Crippen LogP contribution in [0.4, 0.5) is 9.59 Å². The lowest BCUT2D eigenvalue weighted by Gasteiger charge is -2.44. The second kappa shape index (κ2) is 14.6. The molecule has 5 N–H and O–H groups in total. The maximum absolute atomic E-state index is 13.9. The van der Waals surface area contributed by atoms with E-state index in [1.165, 1.54) is 14.2 Å². The Morgan fingerprint density at radius 3 is 1.93 bits per heavy atom. The van der Waals surface area contributed by atoms with E-state index in [9.17, 15) is 19.2 Å². The van der Waals surface area contributed by atoms with Gasteiger partial charge in [0.2, 0.25) is 11.8 Å². The molecule has 2 aromatic carbocycles. The van der Waals surface area contributed by atoms with Crippen molar-refractivity contribution in [3.05, 3.63) is 83.4 Å². The Morgan fingerprint density at radius 2 is 1.33 bits per heavy atom. The molecular weight excluding hydrogens is 761 g/mol. The van der Waals surface area contributed by atoms with Crippen LogP contribution in [0.1, 0.15) is 101 Å². The molecule has 14 nitrogen and oxygen atoms in total. The van der Waals surface area contributed by atoms with Gasteiger partial charge in [-0.2, -0.15) is 0 Å². The number of ether oxygens (including phenoxy) is 2. The van der Waals surface area contributed by atoms with Crippen LogP contribution in [0.15, 0.2) is 60.9 Å². The van der Waals surface area contributed by atoms with Gasteiger partial charge in [0.1, 0.15) is 23.7 Å². The van der Waals surface area contributed by atoms with Crippen molar-refractivity contribution in [3.8, 4) is 34.6 Å². The number of imidazole rings is 2. The smallest absolute Gasteiger partial charge is 0.407 e. The Hall–Kier alpha value is -6.10. The van der Waals surface area contributed by atoms with Crippen molar-refractivity contribution in [1.29, 1.82) is 0 Å². The Balaban J connectivity index is 0.852. The SMILES string of the molecule is COC(=O)N[C@@H]1C(=O)N[C@H](c2cnc(-c3ccc(C#Cc4ccc(-c5ncc([C@@H]6C[C@@]7(C)C[C@]78CC(C)[C@H](NC(=O)OC)C(=O)N68)[nH]5)cc4)cc3)[nH]2)C[C@@]2(C)C[C@@H]2CC1C. The number of hydrogen-bond acceptors (Lipinski definition) is 8. The summed E-state index contributed by atoms with van der Waals surface area (Å²) in [4.78, 5) is 69.9. The van der Waals surface area contributed by atoms with Crippen LogP contribution in [0.3, 0.4) is 0 Å². The van der Waals surface area contributed by atoms with Crippen LogP contribution in [-0.4, -0.2) is 80.7 Å². The molecule has 5 fully saturated rings. The predicted octanol–water partition coefficient (Wildman–Crippen LogP) is 6.39. The molecule has 0 radical (unpaired) electrons. The van der Waals surface area contributed by atoms with E-state index >= 15 is 0 Å². The molecule has 4 amide bonds. The molecule has 9 rings (SSSR count). The summed E-state index contributed by atoms with van der Waals surface area (Å²) in [6, 6.07) is 14.1. The Labute approximate surface area is 349 Å². The molecule has 2 unspecified atom stereocenters. The number of carbonyl (C=O) groups is 4. The number of aromatic nitrogens is 4. The van der Waals surface area contributed by atoms with Gasteiger partial charge in [0.15, 0.2) is 0 Å². The summed E-state index contributed by atoms with van der Waals surface area (Å²) in [6.45, 7) is 8.58. The minimum absolute atomic E-state index is 0.00888. The Morgan fingerprint density at radius 1 is 0.767 bits per heavy atom. The van der Waals surface area contributed by atoms with Crippen LogP contribution in [0.25, 0.3) is 22.8 Å². The number of nitrogens with zero attached hydrogens (tertiary/aromatic N) is 3. The Bertz CT molecular complexity index is 2420. The summed E-state index contributed by atoms with van der Waals surface area (Å²) in [5.41, 5.74) is 5.18. The minimum atomic E-state index is -0.687. The second-order valence-corrected chi connectivity index (χ2v) is 18.4. The first-order chi connectivity index (χ1) is 28.7. The van der Waals surface area contributed by atoms with Crippen molar-refractivity contribution < 1.29 is 28.7 Å². The fourth-order valence-electron chi connectivity index (χ4n) is 10.7. The van der Waals surface area contributed by atoms with Crippen LogP contribution in [0.2, 0.25) is 0 Å². The lowest BCUT2D eigenvalue weighted by atomic mass is 9.84. The maximum Gasteiger partial charge on any atom is 0.407 e. The molecule has 5 aliphatic rings.